The Kier molecular flexibility index (Phi) is 3.12. The highest BCUT2D eigenvalue weighted by Crippen LogP contribution is 2.42. The van der Waals surface area contributed by atoms with E-state index in [1.807, 2.05) is 0 Å². The molecule has 5 nitrogen and oxygen atoms in total. The molecule has 1 atom stereocenters. The number of halogens is 3. The van der Waals surface area contributed by atoms with Crippen LogP contribution in [0, 0.1) is 0 Å². The van der Waals surface area contributed by atoms with Gasteiger partial charge in [0.1, 0.15) is 5.04 Å². The van der Waals surface area contributed by atoms with Crippen molar-refractivity contribution in [3.05, 3.63) is 17.5 Å². The Bertz CT molecular complexity index is 567. The summed E-state index contributed by atoms with van der Waals surface area (Å²) in [5.74, 6) is -1.52. The highest BCUT2D eigenvalue weighted by atomic mass is 32.2. The van der Waals surface area contributed by atoms with Crippen molar-refractivity contribution < 1.29 is 23.1 Å². The van der Waals surface area contributed by atoms with E-state index in [4.69, 9.17) is 5.11 Å². The lowest BCUT2D eigenvalue weighted by Gasteiger charge is -2.22. The van der Waals surface area contributed by atoms with Gasteiger partial charge in [-0.05, 0) is 6.92 Å². The molecule has 0 saturated heterocycles. The number of alkyl halides is 3. The van der Waals surface area contributed by atoms with Crippen LogP contribution < -0.4 is 0 Å². The van der Waals surface area contributed by atoms with Gasteiger partial charge in [-0.3, -0.25) is 9.67 Å². The van der Waals surface area contributed by atoms with Crippen LogP contribution >= 0.6 is 11.8 Å². The van der Waals surface area contributed by atoms with Crippen LogP contribution in [0.15, 0.2) is 11.2 Å². The molecule has 0 amide bonds. The molecule has 0 spiro atoms. The van der Waals surface area contributed by atoms with Gasteiger partial charge >= 0.3 is 12.1 Å². The Morgan fingerprint density at radius 3 is 2.68 bits per heavy atom. The van der Waals surface area contributed by atoms with Gasteiger partial charge < -0.3 is 5.11 Å². The van der Waals surface area contributed by atoms with Crippen molar-refractivity contribution in [3.8, 4) is 0 Å². The van der Waals surface area contributed by atoms with Gasteiger partial charge in [0.05, 0.1) is 11.8 Å². The SMILES string of the molecule is Cn1ncc(C2=NC(C)(C(F)(F)F)CS2)c1C(=O)O. The lowest BCUT2D eigenvalue weighted by Crippen LogP contribution is -2.40. The number of aromatic nitrogens is 2. The molecular weight excluding hydrogens is 283 g/mol. The number of nitrogens with zero attached hydrogens (tertiary/aromatic N) is 3. The van der Waals surface area contributed by atoms with Crippen molar-refractivity contribution in [2.45, 2.75) is 18.6 Å². The predicted molar refractivity (Wildman–Crippen MR) is 63.6 cm³/mol. The first kappa shape index (κ1) is 13.9. The van der Waals surface area contributed by atoms with Crippen LogP contribution in [0.3, 0.4) is 0 Å². The number of aryl methyl sites for hydroxylation is 1. The molecule has 0 radical (unpaired) electrons. The minimum Gasteiger partial charge on any atom is -0.477 e. The summed E-state index contributed by atoms with van der Waals surface area (Å²) in [6.45, 7) is 0.990. The normalized spacial score (nSPS) is 23.5. The van der Waals surface area contributed by atoms with Gasteiger partial charge in [-0.2, -0.15) is 18.3 Å². The number of hydrogen-bond acceptors (Lipinski definition) is 4. The second kappa shape index (κ2) is 4.26. The number of rotatable bonds is 2. The van der Waals surface area contributed by atoms with E-state index in [0.717, 1.165) is 23.4 Å². The summed E-state index contributed by atoms with van der Waals surface area (Å²) in [5, 5.41) is 12.9. The van der Waals surface area contributed by atoms with Gasteiger partial charge in [-0.15, -0.1) is 11.8 Å². The topological polar surface area (TPSA) is 67.5 Å². The lowest BCUT2D eigenvalue weighted by atomic mass is 10.1. The molecular formula is C10H10F3N3O2S. The van der Waals surface area contributed by atoms with E-state index in [2.05, 4.69) is 10.1 Å². The Hall–Kier alpha value is -1.51. The number of aliphatic imine (C=N–C) groups is 1. The van der Waals surface area contributed by atoms with E-state index in [1.165, 1.54) is 13.2 Å². The van der Waals surface area contributed by atoms with E-state index in [1.54, 1.807) is 0 Å². The van der Waals surface area contributed by atoms with E-state index in [-0.39, 0.29) is 22.1 Å². The highest BCUT2D eigenvalue weighted by Gasteiger charge is 2.54. The van der Waals surface area contributed by atoms with Crippen LogP contribution in [-0.2, 0) is 7.05 Å². The second-order valence-electron chi connectivity index (χ2n) is 4.31. The molecule has 0 aromatic carbocycles. The molecule has 1 unspecified atom stereocenters. The van der Waals surface area contributed by atoms with Crippen LogP contribution in [0.2, 0.25) is 0 Å². The molecule has 1 aliphatic rings. The molecule has 1 aromatic rings. The zero-order chi connectivity index (χ0) is 14.4. The number of hydrogen-bond donors (Lipinski definition) is 1. The molecule has 0 bridgehead atoms. The number of carboxylic acid groups (broad SMARTS) is 1. The number of thioether (sulfide) groups is 1. The smallest absolute Gasteiger partial charge is 0.414 e. The molecule has 1 N–H and O–H groups in total. The van der Waals surface area contributed by atoms with Crippen molar-refractivity contribution in [3.63, 3.8) is 0 Å². The van der Waals surface area contributed by atoms with Crippen molar-refractivity contribution in [2.75, 3.05) is 5.75 Å². The van der Waals surface area contributed by atoms with Gasteiger partial charge in [0.25, 0.3) is 0 Å². The standard InChI is InChI=1S/C10H10F3N3O2S/c1-9(10(11,12)13)4-19-7(15-9)5-3-14-16(2)6(5)8(17)18/h3H,4H2,1-2H3,(H,17,18). The first-order chi connectivity index (χ1) is 8.66. The molecule has 104 valence electrons. The first-order valence-corrected chi connectivity index (χ1v) is 6.19. The van der Waals surface area contributed by atoms with Crippen molar-refractivity contribution in [1.29, 1.82) is 0 Å². The van der Waals surface area contributed by atoms with Crippen molar-refractivity contribution in [1.82, 2.24) is 9.78 Å². The van der Waals surface area contributed by atoms with E-state index < -0.39 is 17.7 Å². The molecule has 1 aromatic heterocycles. The zero-order valence-corrected chi connectivity index (χ0v) is 10.8. The monoisotopic (exact) mass is 293 g/mol. The Labute approximate surface area is 110 Å². The Morgan fingerprint density at radius 2 is 2.21 bits per heavy atom. The molecule has 19 heavy (non-hydrogen) atoms. The van der Waals surface area contributed by atoms with Crippen molar-refractivity contribution in [2.24, 2.45) is 12.0 Å². The van der Waals surface area contributed by atoms with Crippen LogP contribution in [-0.4, -0.2) is 43.4 Å². The second-order valence-corrected chi connectivity index (χ2v) is 5.28. The average molecular weight is 293 g/mol. The summed E-state index contributed by atoms with van der Waals surface area (Å²) in [7, 11) is 1.41. The predicted octanol–water partition coefficient (Wildman–Crippen LogP) is 1.93. The van der Waals surface area contributed by atoms with Crippen molar-refractivity contribution >= 4 is 22.8 Å². The summed E-state index contributed by atoms with van der Waals surface area (Å²) < 4.78 is 39.6. The fraction of sp³-hybridized carbons (Fsp3) is 0.500. The quantitative estimate of drug-likeness (QED) is 0.904. The Morgan fingerprint density at radius 1 is 1.58 bits per heavy atom. The molecule has 0 aliphatic carbocycles. The van der Waals surface area contributed by atoms with Gasteiger partial charge in [0.15, 0.2) is 11.2 Å². The van der Waals surface area contributed by atoms with Gasteiger partial charge in [0, 0.05) is 12.8 Å². The van der Waals surface area contributed by atoms with Gasteiger partial charge in [0.2, 0.25) is 0 Å². The minimum absolute atomic E-state index is 0.0605. The molecule has 1 aliphatic heterocycles. The van der Waals surface area contributed by atoms with Crippen LogP contribution in [0.1, 0.15) is 23.0 Å². The average Bonchev–Trinajstić information content (AvgIpc) is 2.81. The molecule has 2 rings (SSSR count). The lowest BCUT2D eigenvalue weighted by molar-refractivity contribution is -0.172. The molecule has 0 saturated carbocycles. The maximum absolute atomic E-state index is 12.8. The summed E-state index contributed by atoms with van der Waals surface area (Å²) >= 11 is 0.888. The maximum Gasteiger partial charge on any atom is 0.414 e. The third-order valence-electron chi connectivity index (χ3n) is 2.82. The molecule has 9 heteroatoms. The third kappa shape index (κ3) is 2.22. The van der Waals surface area contributed by atoms with Crippen LogP contribution in [0.25, 0.3) is 0 Å². The largest absolute Gasteiger partial charge is 0.477 e. The van der Waals surface area contributed by atoms with E-state index >= 15 is 0 Å². The minimum atomic E-state index is -4.46. The summed E-state index contributed by atoms with van der Waals surface area (Å²) in [5.41, 5.74) is -2.23. The Balaban J connectivity index is 2.46. The zero-order valence-electron chi connectivity index (χ0n) is 10.0. The summed E-state index contributed by atoms with van der Waals surface area (Å²) in [4.78, 5) is 14.7. The molecule has 2 heterocycles. The summed E-state index contributed by atoms with van der Waals surface area (Å²) in [6.07, 6.45) is -3.25. The maximum atomic E-state index is 12.8. The van der Waals surface area contributed by atoms with E-state index in [9.17, 15) is 18.0 Å². The van der Waals surface area contributed by atoms with Crippen LogP contribution in [0.5, 0.6) is 0 Å². The molecule has 0 fully saturated rings. The first-order valence-electron chi connectivity index (χ1n) is 5.21. The fourth-order valence-corrected chi connectivity index (χ4v) is 2.85. The van der Waals surface area contributed by atoms with Gasteiger partial charge in [-0.25, -0.2) is 4.79 Å². The van der Waals surface area contributed by atoms with Gasteiger partial charge in [-0.1, -0.05) is 0 Å². The summed E-state index contributed by atoms with van der Waals surface area (Å²) in [6, 6.07) is 0. The third-order valence-corrected chi connectivity index (χ3v) is 4.11. The number of aromatic carboxylic acids is 1. The van der Waals surface area contributed by atoms with Crippen LogP contribution in [0.4, 0.5) is 13.2 Å². The number of carboxylic acids is 1. The van der Waals surface area contributed by atoms with E-state index in [0.29, 0.717) is 0 Å². The number of carbonyl (C=O) groups is 1. The highest BCUT2D eigenvalue weighted by molar-refractivity contribution is 8.14. The fourth-order valence-electron chi connectivity index (χ4n) is 1.63.